The summed E-state index contributed by atoms with van der Waals surface area (Å²) in [6.45, 7) is 7.08. The van der Waals surface area contributed by atoms with E-state index in [1.54, 1.807) is 4.68 Å². The van der Waals surface area contributed by atoms with Crippen molar-refractivity contribution in [2.45, 2.75) is 26.7 Å². The Morgan fingerprint density at radius 1 is 1.20 bits per heavy atom. The molecule has 0 radical (unpaired) electrons. The van der Waals surface area contributed by atoms with E-state index in [2.05, 4.69) is 21.4 Å². The first-order chi connectivity index (χ1) is 14.6. The number of aromatic nitrogens is 2. The van der Waals surface area contributed by atoms with E-state index in [0.29, 0.717) is 24.5 Å². The Bertz CT molecular complexity index is 905. The molecule has 1 aliphatic heterocycles. The van der Waals surface area contributed by atoms with Crippen LogP contribution in [0, 0.1) is 17.2 Å². The maximum atomic E-state index is 12.7. The second-order valence-corrected chi connectivity index (χ2v) is 7.38. The Hall–Kier alpha value is -3.18. The molecule has 0 atom stereocenters. The molecule has 2 aromatic rings. The highest BCUT2D eigenvalue weighted by atomic mass is 16.2. The van der Waals surface area contributed by atoms with E-state index in [0.717, 1.165) is 31.6 Å². The quantitative estimate of drug-likeness (QED) is 0.758. The van der Waals surface area contributed by atoms with Gasteiger partial charge in [-0.2, -0.15) is 10.4 Å². The molecule has 30 heavy (non-hydrogen) atoms. The summed E-state index contributed by atoms with van der Waals surface area (Å²) in [7, 11) is 0. The third-order valence-corrected chi connectivity index (χ3v) is 5.53. The van der Waals surface area contributed by atoms with Crippen molar-refractivity contribution in [3.8, 4) is 11.8 Å². The number of para-hydroxylation sites is 1. The predicted octanol–water partition coefficient (Wildman–Crippen LogP) is 2.26. The number of nitrogens with zero attached hydrogens (tertiary/aromatic N) is 5. The van der Waals surface area contributed by atoms with Crippen LogP contribution < -0.4 is 5.32 Å². The Morgan fingerprint density at radius 2 is 1.87 bits per heavy atom. The van der Waals surface area contributed by atoms with Gasteiger partial charge in [0.25, 0.3) is 0 Å². The molecule has 0 unspecified atom stereocenters. The molecule has 8 nitrogen and oxygen atoms in total. The molecule has 0 saturated carbocycles. The van der Waals surface area contributed by atoms with E-state index in [-0.39, 0.29) is 24.3 Å². The monoisotopic (exact) mass is 408 g/mol. The van der Waals surface area contributed by atoms with Crippen LogP contribution in [0.3, 0.4) is 0 Å². The average Bonchev–Trinajstić information content (AvgIpc) is 3.18. The highest BCUT2D eigenvalue weighted by Crippen LogP contribution is 2.21. The van der Waals surface area contributed by atoms with E-state index in [4.69, 9.17) is 0 Å². The number of benzene rings is 1. The first-order valence-electron chi connectivity index (χ1n) is 10.4. The smallest absolute Gasteiger partial charge is 0.239 e. The number of likely N-dealkylation sites (tertiary alicyclic amines) is 1. The van der Waals surface area contributed by atoms with Gasteiger partial charge < -0.3 is 10.2 Å². The molecule has 1 fully saturated rings. The van der Waals surface area contributed by atoms with Crippen LogP contribution in [-0.4, -0.2) is 64.1 Å². The van der Waals surface area contributed by atoms with Gasteiger partial charge >= 0.3 is 0 Å². The predicted molar refractivity (Wildman–Crippen MR) is 114 cm³/mol. The van der Waals surface area contributed by atoms with Crippen molar-refractivity contribution in [1.29, 1.82) is 5.26 Å². The van der Waals surface area contributed by atoms with Crippen LogP contribution >= 0.6 is 0 Å². The first-order valence-corrected chi connectivity index (χ1v) is 10.4. The molecule has 158 valence electrons. The third-order valence-electron chi connectivity index (χ3n) is 5.53. The van der Waals surface area contributed by atoms with Crippen molar-refractivity contribution in [3.05, 3.63) is 42.1 Å². The molecule has 1 aromatic carbocycles. The van der Waals surface area contributed by atoms with Gasteiger partial charge in [-0.3, -0.25) is 14.5 Å². The van der Waals surface area contributed by atoms with E-state index < -0.39 is 0 Å². The number of amides is 2. The molecule has 1 aromatic heterocycles. The van der Waals surface area contributed by atoms with E-state index >= 15 is 0 Å². The van der Waals surface area contributed by atoms with Gasteiger partial charge in [-0.15, -0.1) is 0 Å². The van der Waals surface area contributed by atoms with Crippen LogP contribution in [0.15, 0.2) is 36.5 Å². The average molecular weight is 409 g/mol. The van der Waals surface area contributed by atoms with Crippen LogP contribution in [0.2, 0.25) is 0 Å². The zero-order valence-corrected chi connectivity index (χ0v) is 17.5. The third kappa shape index (κ3) is 4.86. The molecule has 0 spiro atoms. The maximum Gasteiger partial charge on any atom is 0.239 e. The summed E-state index contributed by atoms with van der Waals surface area (Å²) < 4.78 is 1.56. The molecular weight excluding hydrogens is 380 g/mol. The number of hydrogen-bond donors (Lipinski definition) is 1. The second-order valence-electron chi connectivity index (χ2n) is 7.38. The van der Waals surface area contributed by atoms with Gasteiger partial charge in [-0.1, -0.05) is 18.2 Å². The van der Waals surface area contributed by atoms with Crippen LogP contribution in [0.1, 0.15) is 32.3 Å². The molecule has 1 aliphatic rings. The van der Waals surface area contributed by atoms with Gasteiger partial charge in [-0.05, 0) is 51.9 Å². The molecule has 2 heterocycles. The van der Waals surface area contributed by atoms with E-state index in [9.17, 15) is 14.9 Å². The minimum atomic E-state index is -0.197. The highest BCUT2D eigenvalue weighted by Gasteiger charge is 2.28. The lowest BCUT2D eigenvalue weighted by Crippen LogP contribution is -2.44. The molecule has 1 N–H and O–H groups in total. The summed E-state index contributed by atoms with van der Waals surface area (Å²) in [6, 6.07) is 11.4. The highest BCUT2D eigenvalue weighted by molar-refractivity contribution is 5.93. The normalized spacial score (nSPS) is 14.8. The minimum absolute atomic E-state index is 0.0360. The summed E-state index contributed by atoms with van der Waals surface area (Å²) in [5, 5.41) is 16.5. The Labute approximate surface area is 177 Å². The summed E-state index contributed by atoms with van der Waals surface area (Å²) in [5.41, 5.74) is 1.08. The summed E-state index contributed by atoms with van der Waals surface area (Å²) in [4.78, 5) is 29.1. The lowest BCUT2D eigenvalue weighted by Gasteiger charge is -2.33. The zero-order chi connectivity index (χ0) is 21.5. The van der Waals surface area contributed by atoms with Crippen molar-refractivity contribution in [1.82, 2.24) is 19.6 Å². The molecule has 1 saturated heterocycles. The number of hydrogen-bond acceptors (Lipinski definition) is 5. The molecule has 3 rings (SSSR count). The largest absolute Gasteiger partial charge is 0.343 e. The van der Waals surface area contributed by atoms with Gasteiger partial charge in [0.2, 0.25) is 11.8 Å². The Morgan fingerprint density at radius 3 is 2.47 bits per heavy atom. The number of carbonyl (C=O) groups is 2. The first kappa shape index (κ1) is 21.5. The lowest BCUT2D eigenvalue weighted by molar-refractivity contribution is -0.136. The van der Waals surface area contributed by atoms with Gasteiger partial charge in [0.15, 0.2) is 5.82 Å². The SMILES string of the molecule is CCN(CC)C(=O)C1CCN(CC(=O)Nc2c(C#N)cnn2-c2ccccc2)CC1. The fraction of sp³-hybridized carbons (Fsp3) is 0.455. The van der Waals surface area contributed by atoms with Crippen molar-refractivity contribution < 1.29 is 9.59 Å². The number of nitriles is 1. The van der Waals surface area contributed by atoms with Gasteiger partial charge in [0.05, 0.1) is 18.4 Å². The van der Waals surface area contributed by atoms with Crippen LogP contribution in [-0.2, 0) is 9.59 Å². The van der Waals surface area contributed by atoms with Gasteiger partial charge in [0, 0.05) is 19.0 Å². The molecular formula is C22H28N6O2. The zero-order valence-electron chi connectivity index (χ0n) is 17.5. The number of anilines is 1. The maximum absolute atomic E-state index is 12.7. The van der Waals surface area contributed by atoms with Gasteiger partial charge in [0.1, 0.15) is 11.6 Å². The topological polar surface area (TPSA) is 94.3 Å². The van der Waals surface area contributed by atoms with Crippen LogP contribution in [0.4, 0.5) is 5.82 Å². The minimum Gasteiger partial charge on any atom is -0.343 e. The van der Waals surface area contributed by atoms with Crippen molar-refractivity contribution >= 4 is 17.6 Å². The van der Waals surface area contributed by atoms with E-state index in [1.165, 1.54) is 6.20 Å². The van der Waals surface area contributed by atoms with Crippen molar-refractivity contribution in [2.24, 2.45) is 5.92 Å². The Balaban J connectivity index is 1.59. The molecule has 0 aliphatic carbocycles. The van der Waals surface area contributed by atoms with Crippen LogP contribution in [0.5, 0.6) is 0 Å². The standard InChI is InChI=1S/C22H28N6O2/c1-3-27(4-2)22(30)17-10-12-26(13-11-17)16-20(29)25-21-18(14-23)15-24-28(21)19-8-6-5-7-9-19/h5-9,15,17H,3-4,10-13,16H2,1-2H3,(H,25,29). The number of carbonyl (C=O) groups excluding carboxylic acids is 2. The van der Waals surface area contributed by atoms with Gasteiger partial charge in [-0.25, -0.2) is 4.68 Å². The number of rotatable bonds is 7. The van der Waals surface area contributed by atoms with Crippen molar-refractivity contribution in [2.75, 3.05) is 38.0 Å². The fourth-order valence-electron chi connectivity index (χ4n) is 3.82. The summed E-state index contributed by atoms with van der Waals surface area (Å²) >= 11 is 0. The summed E-state index contributed by atoms with van der Waals surface area (Å²) in [6.07, 6.45) is 2.97. The van der Waals surface area contributed by atoms with Crippen LogP contribution in [0.25, 0.3) is 5.69 Å². The number of piperidine rings is 1. The molecule has 8 heteroatoms. The van der Waals surface area contributed by atoms with Crippen molar-refractivity contribution in [3.63, 3.8) is 0 Å². The lowest BCUT2D eigenvalue weighted by atomic mass is 9.95. The molecule has 0 bridgehead atoms. The fourth-order valence-corrected chi connectivity index (χ4v) is 3.82. The molecule has 2 amide bonds. The summed E-state index contributed by atoms with van der Waals surface area (Å²) in [5.74, 6) is 0.432. The second kappa shape index (κ2) is 10.0. The number of nitrogens with one attached hydrogen (secondary N) is 1. The Kier molecular flexibility index (Phi) is 7.20. The van der Waals surface area contributed by atoms with E-state index in [1.807, 2.05) is 49.1 Å².